The van der Waals surface area contributed by atoms with Crippen molar-refractivity contribution in [3.05, 3.63) is 59.7 Å². The molecular formula is C19H18O5. The Morgan fingerprint density at radius 2 is 1.75 bits per heavy atom. The van der Waals surface area contributed by atoms with E-state index in [2.05, 4.69) is 0 Å². The van der Waals surface area contributed by atoms with Crippen LogP contribution >= 0.6 is 0 Å². The third-order valence-corrected chi connectivity index (χ3v) is 3.77. The largest absolute Gasteiger partial charge is 0.485 e. The van der Waals surface area contributed by atoms with Crippen LogP contribution in [-0.4, -0.2) is 30.6 Å². The molecule has 1 aliphatic rings. The number of fused-ring (bicyclic) bond motifs is 1. The number of ketones is 1. The fraction of sp³-hybridized carbons (Fsp3) is 0.263. The molecule has 124 valence electrons. The normalized spacial score (nSPS) is 17.0. The maximum absolute atomic E-state index is 12.3. The Bertz CT molecular complexity index is 751. The van der Waals surface area contributed by atoms with Crippen molar-refractivity contribution in [2.75, 3.05) is 6.61 Å². The number of hydrogen-bond acceptors (Lipinski definition) is 5. The highest BCUT2D eigenvalue weighted by Gasteiger charge is 2.31. The fourth-order valence-electron chi connectivity index (χ4n) is 2.39. The number of Topliss-reactive ketones (excluding diaryl/α,β-unsaturated/α-hetero) is 1. The van der Waals surface area contributed by atoms with Gasteiger partial charge in [0.25, 0.3) is 0 Å². The van der Waals surface area contributed by atoms with Gasteiger partial charge in [-0.1, -0.05) is 42.0 Å². The molecule has 0 aliphatic carbocycles. The summed E-state index contributed by atoms with van der Waals surface area (Å²) in [4.78, 5) is 24.6. The Kier molecular flexibility index (Phi) is 4.51. The monoisotopic (exact) mass is 326 g/mol. The summed E-state index contributed by atoms with van der Waals surface area (Å²) in [5, 5.41) is 0. The van der Waals surface area contributed by atoms with Crippen molar-refractivity contribution in [1.29, 1.82) is 0 Å². The molecule has 0 saturated carbocycles. The number of hydrogen-bond donors (Lipinski definition) is 0. The second-order valence-electron chi connectivity index (χ2n) is 5.67. The Balaban J connectivity index is 1.62. The highest BCUT2D eigenvalue weighted by molar-refractivity contribution is 6.00. The molecule has 1 heterocycles. The minimum atomic E-state index is -0.888. The lowest BCUT2D eigenvalue weighted by Gasteiger charge is -2.25. The highest BCUT2D eigenvalue weighted by Crippen LogP contribution is 2.31. The minimum absolute atomic E-state index is 0.0568. The van der Waals surface area contributed by atoms with E-state index >= 15 is 0 Å². The Morgan fingerprint density at radius 1 is 1.08 bits per heavy atom. The van der Waals surface area contributed by atoms with Crippen molar-refractivity contribution in [2.24, 2.45) is 0 Å². The Hall–Kier alpha value is -2.82. The van der Waals surface area contributed by atoms with Gasteiger partial charge >= 0.3 is 5.97 Å². The first-order valence-corrected chi connectivity index (χ1v) is 7.74. The van der Waals surface area contributed by atoms with E-state index in [0.717, 1.165) is 5.56 Å². The van der Waals surface area contributed by atoms with E-state index < -0.39 is 18.2 Å². The number of benzene rings is 2. The molecule has 0 unspecified atom stereocenters. The van der Waals surface area contributed by atoms with Crippen LogP contribution in [0.15, 0.2) is 48.5 Å². The topological polar surface area (TPSA) is 61.8 Å². The molecule has 0 N–H and O–H groups in total. The van der Waals surface area contributed by atoms with Crippen LogP contribution in [0.4, 0.5) is 0 Å². The van der Waals surface area contributed by atoms with Crippen LogP contribution in [0.25, 0.3) is 0 Å². The molecule has 0 amide bonds. The lowest BCUT2D eigenvalue weighted by Crippen LogP contribution is -2.40. The Morgan fingerprint density at radius 3 is 2.46 bits per heavy atom. The average molecular weight is 326 g/mol. The lowest BCUT2D eigenvalue weighted by molar-refractivity contribution is -0.157. The van der Waals surface area contributed by atoms with Crippen LogP contribution in [0.2, 0.25) is 0 Å². The molecule has 24 heavy (non-hydrogen) atoms. The number of carbonyl (C=O) groups is 2. The quantitative estimate of drug-likeness (QED) is 0.638. The summed E-state index contributed by atoms with van der Waals surface area (Å²) in [6, 6.07) is 14.2. The first kappa shape index (κ1) is 16.1. The number of para-hydroxylation sites is 2. The van der Waals surface area contributed by atoms with Gasteiger partial charge < -0.3 is 14.2 Å². The van der Waals surface area contributed by atoms with Gasteiger partial charge in [-0.25, -0.2) is 4.79 Å². The maximum Gasteiger partial charge on any atom is 0.351 e. The van der Waals surface area contributed by atoms with Gasteiger partial charge in [-0.2, -0.15) is 0 Å². The number of aryl methyl sites for hydroxylation is 1. The van der Waals surface area contributed by atoms with E-state index in [1.807, 2.05) is 25.1 Å². The standard InChI is InChI=1S/C19H18O5/c1-12-7-9-14(10-8-12)18(20)13(2)23-19(21)17-11-22-15-5-3-4-6-16(15)24-17/h3-10,13,17H,11H2,1-2H3/t13-,17-/m1/s1. The molecule has 5 nitrogen and oxygen atoms in total. The predicted molar refractivity (Wildman–Crippen MR) is 87.4 cm³/mol. The molecular weight excluding hydrogens is 308 g/mol. The van der Waals surface area contributed by atoms with Gasteiger partial charge in [-0.05, 0) is 26.0 Å². The molecule has 3 rings (SSSR count). The number of rotatable bonds is 4. The van der Waals surface area contributed by atoms with E-state index in [1.54, 1.807) is 37.3 Å². The number of carbonyl (C=O) groups excluding carboxylic acids is 2. The Labute approximate surface area is 140 Å². The molecule has 0 spiro atoms. The third-order valence-electron chi connectivity index (χ3n) is 3.77. The fourth-order valence-corrected chi connectivity index (χ4v) is 2.39. The van der Waals surface area contributed by atoms with Gasteiger partial charge in [-0.15, -0.1) is 0 Å². The number of esters is 1. The molecule has 5 heteroatoms. The van der Waals surface area contributed by atoms with E-state index in [9.17, 15) is 9.59 Å². The smallest absolute Gasteiger partial charge is 0.351 e. The van der Waals surface area contributed by atoms with Crippen LogP contribution in [0, 0.1) is 6.92 Å². The molecule has 0 fully saturated rings. The van der Waals surface area contributed by atoms with Crippen LogP contribution in [-0.2, 0) is 9.53 Å². The van der Waals surface area contributed by atoms with E-state index in [1.165, 1.54) is 0 Å². The maximum atomic E-state index is 12.3. The molecule has 1 aliphatic heterocycles. The second-order valence-corrected chi connectivity index (χ2v) is 5.67. The molecule has 0 bridgehead atoms. The first-order valence-electron chi connectivity index (χ1n) is 7.74. The lowest BCUT2D eigenvalue weighted by atomic mass is 10.1. The van der Waals surface area contributed by atoms with Gasteiger partial charge in [0.05, 0.1) is 0 Å². The van der Waals surface area contributed by atoms with Crippen molar-refractivity contribution < 1.29 is 23.8 Å². The van der Waals surface area contributed by atoms with Crippen LogP contribution in [0.1, 0.15) is 22.8 Å². The van der Waals surface area contributed by atoms with Crippen LogP contribution < -0.4 is 9.47 Å². The van der Waals surface area contributed by atoms with Crippen LogP contribution in [0.3, 0.4) is 0 Å². The summed E-state index contributed by atoms with van der Waals surface area (Å²) in [7, 11) is 0. The SMILES string of the molecule is Cc1ccc(C(=O)[C@@H](C)OC(=O)[C@H]2COc3ccccc3O2)cc1. The van der Waals surface area contributed by atoms with Gasteiger partial charge in [0, 0.05) is 5.56 Å². The zero-order valence-corrected chi connectivity index (χ0v) is 13.5. The molecule has 0 saturated heterocycles. The molecule has 2 aromatic carbocycles. The van der Waals surface area contributed by atoms with Crippen molar-refractivity contribution in [3.63, 3.8) is 0 Å². The summed E-state index contributed by atoms with van der Waals surface area (Å²) >= 11 is 0. The minimum Gasteiger partial charge on any atom is -0.485 e. The summed E-state index contributed by atoms with van der Waals surface area (Å²) in [6.07, 6.45) is -1.77. The summed E-state index contributed by atoms with van der Waals surface area (Å²) in [5.74, 6) is 0.214. The second kappa shape index (κ2) is 6.74. The summed E-state index contributed by atoms with van der Waals surface area (Å²) in [5.41, 5.74) is 1.56. The van der Waals surface area contributed by atoms with E-state index in [0.29, 0.717) is 17.1 Å². The zero-order chi connectivity index (χ0) is 17.1. The summed E-state index contributed by atoms with van der Waals surface area (Å²) in [6.45, 7) is 3.55. The molecule has 0 radical (unpaired) electrons. The van der Waals surface area contributed by atoms with Crippen molar-refractivity contribution in [2.45, 2.75) is 26.1 Å². The van der Waals surface area contributed by atoms with Gasteiger partial charge in [0.2, 0.25) is 11.9 Å². The van der Waals surface area contributed by atoms with E-state index in [-0.39, 0.29) is 12.4 Å². The summed E-state index contributed by atoms with van der Waals surface area (Å²) < 4.78 is 16.3. The van der Waals surface area contributed by atoms with Gasteiger partial charge in [0.15, 0.2) is 17.6 Å². The van der Waals surface area contributed by atoms with Crippen molar-refractivity contribution >= 4 is 11.8 Å². The molecule has 0 aromatic heterocycles. The average Bonchev–Trinajstić information content (AvgIpc) is 2.61. The zero-order valence-electron chi connectivity index (χ0n) is 13.5. The molecule has 2 aromatic rings. The first-order chi connectivity index (χ1) is 11.5. The van der Waals surface area contributed by atoms with Crippen molar-refractivity contribution in [1.82, 2.24) is 0 Å². The van der Waals surface area contributed by atoms with E-state index in [4.69, 9.17) is 14.2 Å². The van der Waals surface area contributed by atoms with Gasteiger partial charge in [-0.3, -0.25) is 4.79 Å². The van der Waals surface area contributed by atoms with Gasteiger partial charge in [0.1, 0.15) is 6.61 Å². The van der Waals surface area contributed by atoms with Crippen molar-refractivity contribution in [3.8, 4) is 11.5 Å². The number of ether oxygens (including phenoxy) is 3. The highest BCUT2D eigenvalue weighted by atomic mass is 16.6. The van der Waals surface area contributed by atoms with Crippen LogP contribution in [0.5, 0.6) is 11.5 Å². The predicted octanol–water partition coefficient (Wildman–Crippen LogP) is 2.95. The third kappa shape index (κ3) is 3.40. The molecule has 2 atom stereocenters.